The molecule has 0 amide bonds. The van der Waals surface area contributed by atoms with Crippen molar-refractivity contribution in [3.8, 4) is 0 Å². The fraction of sp³-hybridized carbons (Fsp3) is 0.647. The molecule has 0 aliphatic heterocycles. The normalized spacial score (nSPS) is 13.1. The molecule has 0 heterocycles. The van der Waals surface area contributed by atoms with Gasteiger partial charge >= 0.3 is 0 Å². The second kappa shape index (κ2) is 9.90. The molecule has 0 saturated heterocycles. The minimum absolute atomic E-state index is 0.465. The van der Waals surface area contributed by atoms with Crippen molar-refractivity contribution in [3.05, 3.63) is 35.4 Å². The van der Waals surface area contributed by atoms with Crippen molar-refractivity contribution in [2.75, 3.05) is 46.9 Å². The predicted molar refractivity (Wildman–Crippen MR) is 87.7 cm³/mol. The lowest BCUT2D eigenvalue weighted by Crippen LogP contribution is -2.26. The highest BCUT2D eigenvalue weighted by Crippen LogP contribution is 2.18. The van der Waals surface area contributed by atoms with Crippen LogP contribution in [0.3, 0.4) is 0 Å². The summed E-state index contributed by atoms with van der Waals surface area (Å²) < 4.78 is 5.49. The van der Waals surface area contributed by atoms with E-state index in [1.165, 1.54) is 5.56 Å². The highest BCUT2D eigenvalue weighted by Gasteiger charge is 2.07. The zero-order valence-corrected chi connectivity index (χ0v) is 13.8. The van der Waals surface area contributed by atoms with Gasteiger partial charge in [-0.1, -0.05) is 38.1 Å². The van der Waals surface area contributed by atoms with Gasteiger partial charge in [-0.25, -0.2) is 0 Å². The summed E-state index contributed by atoms with van der Waals surface area (Å²) in [4.78, 5) is 2.10. The monoisotopic (exact) mass is 294 g/mol. The molecular formula is C17H30N2O2. The molecule has 4 nitrogen and oxygen atoms in total. The van der Waals surface area contributed by atoms with E-state index in [4.69, 9.17) is 4.74 Å². The standard InChI is InChI=1S/C17H30N2O2/c1-14(2)15-5-7-16(8-6-15)17(20)13-18-9-11-21-12-10-19(3)4/h5-8,14,17-18,20H,9-13H2,1-4H3. The molecule has 0 aliphatic carbocycles. The van der Waals surface area contributed by atoms with Crippen molar-refractivity contribution in [3.63, 3.8) is 0 Å². The van der Waals surface area contributed by atoms with Crippen LogP contribution in [0.5, 0.6) is 0 Å². The number of aliphatic hydroxyl groups excluding tert-OH is 1. The third-order valence-corrected chi connectivity index (χ3v) is 3.43. The Morgan fingerprint density at radius 1 is 1.10 bits per heavy atom. The van der Waals surface area contributed by atoms with Gasteiger partial charge in [0.05, 0.1) is 19.3 Å². The Kier molecular flexibility index (Phi) is 8.54. The molecule has 4 heteroatoms. The van der Waals surface area contributed by atoms with Crippen molar-refractivity contribution in [1.29, 1.82) is 0 Å². The number of hydrogen-bond acceptors (Lipinski definition) is 4. The average Bonchev–Trinajstić information content (AvgIpc) is 2.45. The van der Waals surface area contributed by atoms with Crippen LogP contribution in [-0.2, 0) is 4.74 Å². The molecule has 1 aromatic rings. The van der Waals surface area contributed by atoms with Crippen LogP contribution in [0.25, 0.3) is 0 Å². The van der Waals surface area contributed by atoms with Gasteiger partial charge in [-0.3, -0.25) is 0 Å². The van der Waals surface area contributed by atoms with Crippen molar-refractivity contribution in [1.82, 2.24) is 10.2 Å². The topological polar surface area (TPSA) is 44.7 Å². The lowest BCUT2D eigenvalue weighted by atomic mass is 10.00. The van der Waals surface area contributed by atoms with Gasteiger partial charge in [0, 0.05) is 19.6 Å². The minimum atomic E-state index is -0.465. The van der Waals surface area contributed by atoms with Crippen LogP contribution in [-0.4, -0.2) is 56.9 Å². The van der Waals surface area contributed by atoms with Crippen molar-refractivity contribution >= 4 is 0 Å². The molecule has 0 radical (unpaired) electrons. The maximum atomic E-state index is 10.1. The van der Waals surface area contributed by atoms with Gasteiger partial charge in [0.2, 0.25) is 0 Å². The second-order valence-corrected chi connectivity index (χ2v) is 5.96. The van der Waals surface area contributed by atoms with Gasteiger partial charge < -0.3 is 20.1 Å². The van der Waals surface area contributed by atoms with Gasteiger partial charge in [-0.05, 0) is 31.1 Å². The Balaban J connectivity index is 2.17. The first-order chi connectivity index (χ1) is 10.0. The van der Waals surface area contributed by atoms with E-state index >= 15 is 0 Å². The van der Waals surface area contributed by atoms with Gasteiger partial charge in [0.25, 0.3) is 0 Å². The Hall–Kier alpha value is -0.940. The number of benzene rings is 1. The predicted octanol–water partition coefficient (Wildman–Crippen LogP) is 2.01. The Labute approximate surface area is 129 Å². The summed E-state index contributed by atoms with van der Waals surface area (Å²) in [7, 11) is 4.06. The summed E-state index contributed by atoms with van der Waals surface area (Å²) in [5.74, 6) is 0.522. The molecule has 0 fully saturated rings. The molecule has 0 bridgehead atoms. The SMILES string of the molecule is CC(C)c1ccc(C(O)CNCCOCCN(C)C)cc1. The van der Waals surface area contributed by atoms with Crippen LogP contribution in [0.2, 0.25) is 0 Å². The van der Waals surface area contributed by atoms with E-state index in [1.54, 1.807) is 0 Å². The summed E-state index contributed by atoms with van der Waals surface area (Å²) in [6.07, 6.45) is -0.465. The molecular weight excluding hydrogens is 264 g/mol. The smallest absolute Gasteiger partial charge is 0.0914 e. The van der Waals surface area contributed by atoms with Crippen LogP contribution < -0.4 is 5.32 Å². The van der Waals surface area contributed by atoms with E-state index < -0.39 is 6.10 Å². The average molecular weight is 294 g/mol. The van der Waals surface area contributed by atoms with Crippen LogP contribution in [0.15, 0.2) is 24.3 Å². The highest BCUT2D eigenvalue weighted by atomic mass is 16.5. The number of rotatable bonds is 10. The van der Waals surface area contributed by atoms with Crippen LogP contribution in [0.4, 0.5) is 0 Å². The summed E-state index contributed by atoms with van der Waals surface area (Å²) in [6.45, 7) is 8.00. The maximum Gasteiger partial charge on any atom is 0.0914 e. The van der Waals surface area contributed by atoms with Gasteiger partial charge in [0.1, 0.15) is 0 Å². The zero-order chi connectivity index (χ0) is 15.7. The molecule has 21 heavy (non-hydrogen) atoms. The van der Waals surface area contributed by atoms with Gasteiger partial charge in [-0.2, -0.15) is 0 Å². The molecule has 0 aliphatic rings. The number of nitrogens with one attached hydrogen (secondary N) is 1. The van der Waals surface area contributed by atoms with Crippen molar-refractivity contribution < 1.29 is 9.84 Å². The Bertz CT molecular complexity index is 377. The van der Waals surface area contributed by atoms with E-state index in [0.717, 1.165) is 25.3 Å². The third-order valence-electron chi connectivity index (χ3n) is 3.43. The van der Waals surface area contributed by atoms with E-state index in [2.05, 4.69) is 36.2 Å². The highest BCUT2D eigenvalue weighted by molar-refractivity contribution is 5.26. The number of hydrogen-bond donors (Lipinski definition) is 2. The molecule has 1 unspecified atom stereocenters. The van der Waals surface area contributed by atoms with Gasteiger partial charge in [-0.15, -0.1) is 0 Å². The van der Waals surface area contributed by atoms with Crippen LogP contribution >= 0.6 is 0 Å². The molecule has 0 saturated carbocycles. The van der Waals surface area contributed by atoms with Crippen molar-refractivity contribution in [2.24, 2.45) is 0 Å². The van der Waals surface area contributed by atoms with Crippen LogP contribution in [0.1, 0.15) is 37.0 Å². The Morgan fingerprint density at radius 2 is 1.71 bits per heavy atom. The molecule has 2 N–H and O–H groups in total. The molecule has 120 valence electrons. The van der Waals surface area contributed by atoms with E-state index in [-0.39, 0.29) is 0 Å². The van der Waals surface area contributed by atoms with E-state index in [1.807, 2.05) is 26.2 Å². The molecule has 0 aromatic heterocycles. The fourth-order valence-electron chi connectivity index (χ4n) is 1.95. The third kappa shape index (κ3) is 7.58. The summed E-state index contributed by atoms with van der Waals surface area (Å²) in [5, 5.41) is 13.3. The number of aliphatic hydroxyl groups is 1. The molecule has 1 aromatic carbocycles. The number of ether oxygens (including phenoxy) is 1. The maximum absolute atomic E-state index is 10.1. The first-order valence-corrected chi connectivity index (χ1v) is 7.71. The zero-order valence-electron chi connectivity index (χ0n) is 13.8. The number of nitrogens with zero attached hydrogens (tertiary/aromatic N) is 1. The van der Waals surface area contributed by atoms with Gasteiger partial charge in [0.15, 0.2) is 0 Å². The lowest BCUT2D eigenvalue weighted by molar-refractivity contribution is 0.114. The summed E-state index contributed by atoms with van der Waals surface area (Å²) >= 11 is 0. The van der Waals surface area contributed by atoms with Crippen molar-refractivity contribution in [2.45, 2.75) is 25.9 Å². The van der Waals surface area contributed by atoms with E-state index in [9.17, 15) is 5.11 Å². The minimum Gasteiger partial charge on any atom is -0.387 e. The first kappa shape index (κ1) is 18.1. The molecule has 1 atom stereocenters. The van der Waals surface area contributed by atoms with Crippen LogP contribution in [0, 0.1) is 0 Å². The molecule has 0 spiro atoms. The largest absolute Gasteiger partial charge is 0.387 e. The number of likely N-dealkylation sites (N-methyl/N-ethyl adjacent to an activating group) is 1. The lowest BCUT2D eigenvalue weighted by Gasteiger charge is -2.14. The summed E-state index contributed by atoms with van der Waals surface area (Å²) in [6, 6.07) is 8.20. The fourth-order valence-corrected chi connectivity index (χ4v) is 1.95. The quantitative estimate of drug-likeness (QED) is 0.648. The summed E-state index contributed by atoms with van der Waals surface area (Å²) in [5.41, 5.74) is 2.26. The van der Waals surface area contributed by atoms with E-state index in [0.29, 0.717) is 19.1 Å². The first-order valence-electron chi connectivity index (χ1n) is 7.71. The Morgan fingerprint density at radius 3 is 2.29 bits per heavy atom. The second-order valence-electron chi connectivity index (χ2n) is 5.96. The molecule has 1 rings (SSSR count).